The number of aliphatic hydroxyl groups is 2. The lowest BCUT2D eigenvalue weighted by atomic mass is 10.1. The molecule has 0 aliphatic rings. The Hall–Kier alpha value is -0.340. The molecule has 0 atom stereocenters. The molecule has 0 spiro atoms. The summed E-state index contributed by atoms with van der Waals surface area (Å²) < 4.78 is 0. The standard InChI is InChI=1S/C20H40O2/c1-2-3-4-5-6-7-8-9-10-11-12-13-14-15-16-17-18-19-20(21)22/h9-10,20-22H,2-8,11-19H2,1H3/b10-9-. The van der Waals surface area contributed by atoms with Gasteiger partial charge in [-0.2, -0.15) is 0 Å². The van der Waals surface area contributed by atoms with E-state index < -0.39 is 6.29 Å². The second-order valence-electron chi connectivity index (χ2n) is 6.56. The van der Waals surface area contributed by atoms with Crippen LogP contribution in [0.3, 0.4) is 0 Å². The first-order valence-corrected chi connectivity index (χ1v) is 9.78. The molecule has 0 saturated heterocycles. The molecule has 0 bridgehead atoms. The van der Waals surface area contributed by atoms with Gasteiger partial charge in [-0.05, 0) is 38.5 Å². The van der Waals surface area contributed by atoms with Crippen LogP contribution < -0.4 is 0 Å². The lowest BCUT2D eigenvalue weighted by Crippen LogP contribution is -2.02. The average molecular weight is 313 g/mol. The van der Waals surface area contributed by atoms with Gasteiger partial charge in [-0.25, -0.2) is 0 Å². The smallest absolute Gasteiger partial charge is 0.151 e. The predicted octanol–water partition coefficient (Wildman–Crippen LogP) is 6.11. The van der Waals surface area contributed by atoms with Crippen molar-refractivity contribution in [3.05, 3.63) is 12.2 Å². The highest BCUT2D eigenvalue weighted by molar-refractivity contribution is 4.81. The SMILES string of the molecule is CCCCCCCC/C=C\CCCCCCCCCC(O)O. The largest absolute Gasteiger partial charge is 0.368 e. The van der Waals surface area contributed by atoms with Crippen LogP contribution in [-0.2, 0) is 0 Å². The van der Waals surface area contributed by atoms with Crippen molar-refractivity contribution in [2.24, 2.45) is 0 Å². The maximum Gasteiger partial charge on any atom is 0.151 e. The van der Waals surface area contributed by atoms with E-state index in [2.05, 4.69) is 19.1 Å². The Kier molecular flexibility index (Phi) is 18.4. The molecule has 2 nitrogen and oxygen atoms in total. The van der Waals surface area contributed by atoms with E-state index in [0.717, 1.165) is 12.8 Å². The van der Waals surface area contributed by atoms with Gasteiger partial charge in [0.15, 0.2) is 6.29 Å². The first kappa shape index (κ1) is 21.7. The minimum absolute atomic E-state index is 0.531. The highest BCUT2D eigenvalue weighted by Crippen LogP contribution is 2.11. The second-order valence-corrected chi connectivity index (χ2v) is 6.56. The molecule has 0 aromatic heterocycles. The topological polar surface area (TPSA) is 40.5 Å². The molecule has 0 heterocycles. The Morgan fingerprint density at radius 2 is 1.00 bits per heavy atom. The van der Waals surface area contributed by atoms with E-state index in [4.69, 9.17) is 10.2 Å². The molecular weight excluding hydrogens is 272 g/mol. The number of unbranched alkanes of at least 4 members (excludes halogenated alkanes) is 13. The van der Waals surface area contributed by atoms with Gasteiger partial charge in [0.25, 0.3) is 0 Å². The van der Waals surface area contributed by atoms with Crippen molar-refractivity contribution in [1.82, 2.24) is 0 Å². The number of hydrogen-bond acceptors (Lipinski definition) is 2. The normalized spacial score (nSPS) is 11.8. The Morgan fingerprint density at radius 1 is 0.591 bits per heavy atom. The van der Waals surface area contributed by atoms with Crippen LogP contribution in [0.15, 0.2) is 12.2 Å². The molecule has 0 fully saturated rings. The fraction of sp³-hybridized carbons (Fsp3) is 0.900. The second kappa shape index (κ2) is 18.7. The van der Waals surface area contributed by atoms with Crippen molar-refractivity contribution in [2.75, 3.05) is 0 Å². The third kappa shape index (κ3) is 19.7. The first-order chi connectivity index (χ1) is 10.8. The van der Waals surface area contributed by atoms with Crippen LogP contribution in [0, 0.1) is 0 Å². The Bertz CT molecular complexity index is 224. The molecule has 0 aromatic rings. The van der Waals surface area contributed by atoms with Gasteiger partial charge in [-0.3, -0.25) is 0 Å². The summed E-state index contributed by atoms with van der Waals surface area (Å²) in [4.78, 5) is 0. The van der Waals surface area contributed by atoms with Crippen molar-refractivity contribution >= 4 is 0 Å². The van der Waals surface area contributed by atoms with E-state index in [-0.39, 0.29) is 0 Å². The van der Waals surface area contributed by atoms with Gasteiger partial charge in [0.05, 0.1) is 0 Å². The fourth-order valence-electron chi connectivity index (χ4n) is 2.75. The maximum absolute atomic E-state index is 8.73. The zero-order valence-corrected chi connectivity index (χ0v) is 14.9. The molecule has 0 amide bonds. The zero-order valence-electron chi connectivity index (χ0n) is 14.9. The number of rotatable bonds is 17. The molecule has 0 unspecified atom stereocenters. The van der Waals surface area contributed by atoms with Crippen LogP contribution >= 0.6 is 0 Å². The third-order valence-electron chi connectivity index (χ3n) is 4.22. The molecule has 2 N–H and O–H groups in total. The number of aliphatic hydroxyl groups excluding tert-OH is 1. The molecular formula is C20H40O2. The summed E-state index contributed by atoms with van der Waals surface area (Å²) in [6, 6.07) is 0. The van der Waals surface area contributed by atoms with E-state index in [9.17, 15) is 0 Å². The fourth-order valence-corrected chi connectivity index (χ4v) is 2.75. The maximum atomic E-state index is 8.73. The molecule has 0 aliphatic heterocycles. The van der Waals surface area contributed by atoms with Gasteiger partial charge < -0.3 is 10.2 Å². The van der Waals surface area contributed by atoms with Crippen LogP contribution in [0.4, 0.5) is 0 Å². The Balaban J connectivity index is 3.05. The molecule has 0 saturated carbocycles. The Labute approximate surface area is 139 Å². The zero-order chi connectivity index (χ0) is 16.3. The van der Waals surface area contributed by atoms with Crippen molar-refractivity contribution in [3.63, 3.8) is 0 Å². The van der Waals surface area contributed by atoms with Crippen LogP contribution in [-0.4, -0.2) is 16.5 Å². The van der Waals surface area contributed by atoms with E-state index in [0.29, 0.717) is 6.42 Å². The van der Waals surface area contributed by atoms with Gasteiger partial charge in [-0.15, -0.1) is 0 Å². The highest BCUT2D eigenvalue weighted by atomic mass is 16.5. The summed E-state index contributed by atoms with van der Waals surface area (Å²) >= 11 is 0. The van der Waals surface area contributed by atoms with Crippen molar-refractivity contribution in [2.45, 2.75) is 116 Å². The summed E-state index contributed by atoms with van der Waals surface area (Å²) in [5, 5.41) is 17.5. The van der Waals surface area contributed by atoms with Gasteiger partial charge in [0.2, 0.25) is 0 Å². The van der Waals surface area contributed by atoms with Gasteiger partial charge in [-0.1, -0.05) is 83.3 Å². The Morgan fingerprint density at radius 3 is 1.45 bits per heavy atom. The highest BCUT2D eigenvalue weighted by Gasteiger charge is 1.96. The van der Waals surface area contributed by atoms with Crippen LogP contribution in [0.25, 0.3) is 0 Å². The third-order valence-corrected chi connectivity index (χ3v) is 4.22. The lowest BCUT2D eigenvalue weighted by Gasteiger charge is -2.03. The predicted molar refractivity (Wildman–Crippen MR) is 96.9 cm³/mol. The minimum atomic E-state index is -1.11. The summed E-state index contributed by atoms with van der Waals surface area (Å²) in [7, 11) is 0. The van der Waals surface area contributed by atoms with E-state index in [1.54, 1.807) is 0 Å². The summed E-state index contributed by atoms with van der Waals surface area (Å²) in [6.07, 6.45) is 23.6. The quantitative estimate of drug-likeness (QED) is 0.193. The summed E-state index contributed by atoms with van der Waals surface area (Å²) in [5.74, 6) is 0. The molecule has 0 aromatic carbocycles. The summed E-state index contributed by atoms with van der Waals surface area (Å²) in [5.41, 5.74) is 0. The van der Waals surface area contributed by atoms with Crippen LogP contribution in [0.2, 0.25) is 0 Å². The van der Waals surface area contributed by atoms with Crippen molar-refractivity contribution < 1.29 is 10.2 Å². The minimum Gasteiger partial charge on any atom is -0.368 e. The number of allylic oxidation sites excluding steroid dienone is 2. The monoisotopic (exact) mass is 312 g/mol. The van der Waals surface area contributed by atoms with Crippen LogP contribution in [0.5, 0.6) is 0 Å². The first-order valence-electron chi connectivity index (χ1n) is 9.78. The molecule has 132 valence electrons. The molecule has 2 heteroatoms. The summed E-state index contributed by atoms with van der Waals surface area (Å²) in [6.45, 7) is 2.27. The molecule has 0 radical (unpaired) electrons. The average Bonchev–Trinajstić information content (AvgIpc) is 2.50. The molecule has 0 aliphatic carbocycles. The van der Waals surface area contributed by atoms with Gasteiger partial charge >= 0.3 is 0 Å². The van der Waals surface area contributed by atoms with Gasteiger partial charge in [0.1, 0.15) is 0 Å². The van der Waals surface area contributed by atoms with E-state index >= 15 is 0 Å². The molecule has 0 rings (SSSR count). The number of hydrogen-bond donors (Lipinski definition) is 2. The lowest BCUT2D eigenvalue weighted by molar-refractivity contribution is -0.0466. The van der Waals surface area contributed by atoms with Crippen molar-refractivity contribution in [3.8, 4) is 0 Å². The molecule has 22 heavy (non-hydrogen) atoms. The van der Waals surface area contributed by atoms with Crippen molar-refractivity contribution in [1.29, 1.82) is 0 Å². The van der Waals surface area contributed by atoms with Gasteiger partial charge in [0, 0.05) is 0 Å². The van der Waals surface area contributed by atoms with E-state index in [1.807, 2.05) is 0 Å². The van der Waals surface area contributed by atoms with Crippen LogP contribution in [0.1, 0.15) is 110 Å². The van der Waals surface area contributed by atoms with E-state index in [1.165, 1.54) is 83.5 Å².